The van der Waals surface area contributed by atoms with Crippen LogP contribution in [0.25, 0.3) is 0 Å². The number of likely N-dealkylation sites (tertiary alicyclic amines) is 1. The molecule has 1 aliphatic rings. The number of rotatable bonds is 3. The predicted molar refractivity (Wildman–Crippen MR) is 60.2 cm³/mol. The first-order chi connectivity index (χ1) is 7.84. The van der Waals surface area contributed by atoms with Crippen LogP contribution >= 0.6 is 0 Å². The first-order valence-corrected chi connectivity index (χ1v) is 5.58. The number of carbonyl (C=O) groups excluding carboxylic acids is 2. The monoisotopic (exact) mass is 242 g/mol. The maximum Gasteiger partial charge on any atom is 0.326 e. The summed E-state index contributed by atoms with van der Waals surface area (Å²) in [5.74, 6) is -1.75. The molecule has 96 valence electrons. The van der Waals surface area contributed by atoms with Crippen molar-refractivity contribution >= 4 is 17.8 Å². The Balaban J connectivity index is 2.64. The van der Waals surface area contributed by atoms with Crippen LogP contribution in [0, 0.1) is 5.92 Å². The second kappa shape index (κ2) is 5.16. The molecule has 0 aromatic carbocycles. The van der Waals surface area contributed by atoms with Crippen molar-refractivity contribution in [1.82, 2.24) is 9.80 Å². The zero-order valence-corrected chi connectivity index (χ0v) is 10.3. The number of carboxylic acids is 1. The number of amides is 2. The van der Waals surface area contributed by atoms with Crippen LogP contribution in [0.1, 0.15) is 19.8 Å². The fourth-order valence-electron chi connectivity index (χ4n) is 1.80. The molecule has 1 aliphatic heterocycles. The molecule has 0 saturated carbocycles. The first kappa shape index (κ1) is 13.5. The van der Waals surface area contributed by atoms with Crippen molar-refractivity contribution in [2.45, 2.75) is 25.8 Å². The van der Waals surface area contributed by atoms with Crippen LogP contribution in [0.15, 0.2) is 0 Å². The summed E-state index contributed by atoms with van der Waals surface area (Å²) >= 11 is 0. The minimum atomic E-state index is -1.04. The summed E-state index contributed by atoms with van der Waals surface area (Å²) in [7, 11) is 3.16. The van der Waals surface area contributed by atoms with E-state index in [1.165, 1.54) is 18.9 Å². The molecule has 1 fully saturated rings. The zero-order chi connectivity index (χ0) is 13.2. The van der Waals surface area contributed by atoms with Gasteiger partial charge in [-0.2, -0.15) is 0 Å². The molecule has 0 aliphatic carbocycles. The van der Waals surface area contributed by atoms with Gasteiger partial charge in [0.2, 0.25) is 11.8 Å². The molecule has 0 bridgehead atoms. The summed E-state index contributed by atoms with van der Waals surface area (Å²) in [6.45, 7) is 2.00. The van der Waals surface area contributed by atoms with Gasteiger partial charge in [0.05, 0.1) is 0 Å². The lowest BCUT2D eigenvalue weighted by molar-refractivity contribution is -0.152. The molecule has 2 amide bonds. The quantitative estimate of drug-likeness (QED) is 0.742. The smallest absolute Gasteiger partial charge is 0.326 e. The van der Waals surface area contributed by atoms with Gasteiger partial charge in [-0.25, -0.2) is 4.79 Å². The third-order valence-electron chi connectivity index (χ3n) is 3.29. The lowest BCUT2D eigenvalue weighted by atomic mass is 9.94. The van der Waals surface area contributed by atoms with Gasteiger partial charge in [-0.1, -0.05) is 0 Å². The van der Waals surface area contributed by atoms with Crippen LogP contribution in [0.4, 0.5) is 0 Å². The highest BCUT2D eigenvalue weighted by atomic mass is 16.4. The summed E-state index contributed by atoms with van der Waals surface area (Å²) in [4.78, 5) is 37.0. The molecular weight excluding hydrogens is 224 g/mol. The summed E-state index contributed by atoms with van der Waals surface area (Å²) in [5.41, 5.74) is 0. The predicted octanol–water partition coefficient (Wildman–Crippen LogP) is -0.214. The van der Waals surface area contributed by atoms with Crippen molar-refractivity contribution in [1.29, 1.82) is 0 Å². The summed E-state index contributed by atoms with van der Waals surface area (Å²) in [5, 5.41) is 8.82. The number of piperidine rings is 1. The van der Waals surface area contributed by atoms with Crippen molar-refractivity contribution in [2.75, 3.05) is 20.6 Å². The number of hydrogen-bond acceptors (Lipinski definition) is 3. The summed E-state index contributed by atoms with van der Waals surface area (Å²) in [6.07, 6.45) is 0.768. The van der Waals surface area contributed by atoms with E-state index in [9.17, 15) is 14.4 Å². The Morgan fingerprint density at radius 1 is 1.53 bits per heavy atom. The van der Waals surface area contributed by atoms with Crippen molar-refractivity contribution in [3.05, 3.63) is 0 Å². The van der Waals surface area contributed by atoms with E-state index in [2.05, 4.69) is 0 Å². The highest BCUT2D eigenvalue weighted by Crippen LogP contribution is 2.20. The Morgan fingerprint density at radius 3 is 2.59 bits per heavy atom. The fraction of sp³-hybridized carbons (Fsp3) is 0.727. The van der Waals surface area contributed by atoms with Crippen LogP contribution < -0.4 is 0 Å². The van der Waals surface area contributed by atoms with E-state index in [-0.39, 0.29) is 24.2 Å². The van der Waals surface area contributed by atoms with Crippen molar-refractivity contribution in [2.24, 2.45) is 5.92 Å². The van der Waals surface area contributed by atoms with Crippen LogP contribution in [0.3, 0.4) is 0 Å². The van der Waals surface area contributed by atoms with E-state index in [1.807, 2.05) is 0 Å². The SMILES string of the molecule is CC(C(=O)O)N(C)C(=O)C1CCN(C)C(=O)C1. The van der Waals surface area contributed by atoms with Gasteiger partial charge in [-0.05, 0) is 13.3 Å². The van der Waals surface area contributed by atoms with E-state index >= 15 is 0 Å². The van der Waals surface area contributed by atoms with Crippen LogP contribution in [-0.2, 0) is 14.4 Å². The Kier molecular flexibility index (Phi) is 4.09. The number of likely N-dealkylation sites (N-methyl/N-ethyl adjacent to an activating group) is 1. The normalized spacial score (nSPS) is 22.2. The fourth-order valence-corrected chi connectivity index (χ4v) is 1.80. The van der Waals surface area contributed by atoms with Gasteiger partial charge >= 0.3 is 5.97 Å². The van der Waals surface area contributed by atoms with E-state index in [1.54, 1.807) is 11.9 Å². The molecule has 1 rings (SSSR count). The first-order valence-electron chi connectivity index (χ1n) is 5.58. The second-order valence-electron chi connectivity index (χ2n) is 4.47. The average Bonchev–Trinajstić information content (AvgIpc) is 2.29. The highest BCUT2D eigenvalue weighted by molar-refractivity contribution is 5.89. The van der Waals surface area contributed by atoms with E-state index in [0.29, 0.717) is 13.0 Å². The van der Waals surface area contributed by atoms with Crippen molar-refractivity contribution in [3.63, 3.8) is 0 Å². The third-order valence-corrected chi connectivity index (χ3v) is 3.29. The van der Waals surface area contributed by atoms with Crippen LogP contribution in [0.5, 0.6) is 0 Å². The number of aliphatic carboxylic acids is 1. The van der Waals surface area contributed by atoms with Crippen LogP contribution in [0.2, 0.25) is 0 Å². The number of carbonyl (C=O) groups is 3. The molecule has 0 aromatic rings. The zero-order valence-electron chi connectivity index (χ0n) is 10.3. The molecule has 0 spiro atoms. The number of nitrogens with zero attached hydrogens (tertiary/aromatic N) is 2. The lowest BCUT2D eigenvalue weighted by Gasteiger charge is -2.31. The largest absolute Gasteiger partial charge is 0.480 e. The minimum absolute atomic E-state index is 0.0639. The van der Waals surface area contributed by atoms with Gasteiger partial charge in [0, 0.05) is 33.0 Å². The molecule has 1 saturated heterocycles. The van der Waals surface area contributed by atoms with Crippen molar-refractivity contribution in [3.8, 4) is 0 Å². The molecule has 0 aromatic heterocycles. The minimum Gasteiger partial charge on any atom is -0.480 e. The highest BCUT2D eigenvalue weighted by Gasteiger charge is 2.33. The lowest BCUT2D eigenvalue weighted by Crippen LogP contribution is -2.47. The van der Waals surface area contributed by atoms with Gasteiger partial charge in [-0.3, -0.25) is 9.59 Å². The van der Waals surface area contributed by atoms with Gasteiger partial charge in [0.1, 0.15) is 6.04 Å². The van der Waals surface area contributed by atoms with Gasteiger partial charge in [0.25, 0.3) is 0 Å². The third kappa shape index (κ3) is 2.95. The second-order valence-corrected chi connectivity index (χ2v) is 4.47. The Labute approximate surface area is 100 Å². The topological polar surface area (TPSA) is 77.9 Å². The summed E-state index contributed by atoms with van der Waals surface area (Å²) in [6, 6.07) is -0.864. The maximum atomic E-state index is 12.0. The molecule has 6 heteroatoms. The molecule has 2 unspecified atom stereocenters. The molecule has 17 heavy (non-hydrogen) atoms. The molecule has 1 heterocycles. The van der Waals surface area contributed by atoms with E-state index in [0.717, 1.165) is 0 Å². The molecule has 6 nitrogen and oxygen atoms in total. The van der Waals surface area contributed by atoms with Crippen molar-refractivity contribution < 1.29 is 19.5 Å². The average molecular weight is 242 g/mol. The van der Waals surface area contributed by atoms with Gasteiger partial charge in [0.15, 0.2) is 0 Å². The molecule has 2 atom stereocenters. The van der Waals surface area contributed by atoms with E-state index in [4.69, 9.17) is 5.11 Å². The summed E-state index contributed by atoms with van der Waals surface area (Å²) < 4.78 is 0. The van der Waals surface area contributed by atoms with Crippen LogP contribution in [-0.4, -0.2) is 59.4 Å². The number of hydrogen-bond donors (Lipinski definition) is 1. The Morgan fingerprint density at radius 2 is 2.12 bits per heavy atom. The van der Waals surface area contributed by atoms with Gasteiger partial charge < -0.3 is 14.9 Å². The molecule has 0 radical (unpaired) electrons. The van der Waals surface area contributed by atoms with E-state index < -0.39 is 12.0 Å². The number of carboxylic acid groups (broad SMARTS) is 1. The standard InChI is InChI=1S/C11H18N2O4/c1-7(11(16)17)13(3)10(15)8-4-5-12(2)9(14)6-8/h7-8H,4-6H2,1-3H3,(H,16,17). The molecular formula is C11H18N2O4. The Hall–Kier alpha value is -1.59. The maximum absolute atomic E-state index is 12.0. The Bertz CT molecular complexity index is 342. The molecule has 1 N–H and O–H groups in total. The van der Waals surface area contributed by atoms with Gasteiger partial charge in [-0.15, -0.1) is 0 Å².